The smallest absolute Gasteiger partial charge is 0.231 e. The Bertz CT molecular complexity index is 476. The summed E-state index contributed by atoms with van der Waals surface area (Å²) in [6.07, 6.45) is 0. The van der Waals surface area contributed by atoms with Gasteiger partial charge in [-0.25, -0.2) is 0 Å². The fourth-order valence-corrected chi connectivity index (χ4v) is 2.11. The van der Waals surface area contributed by atoms with E-state index in [0.717, 1.165) is 4.90 Å². The topological polar surface area (TPSA) is 52.9 Å². The van der Waals surface area contributed by atoms with Gasteiger partial charge in [0, 0.05) is 4.90 Å². The van der Waals surface area contributed by atoms with Gasteiger partial charge in [-0.2, -0.15) is 5.26 Å². The highest BCUT2D eigenvalue weighted by atomic mass is 32.2. The van der Waals surface area contributed by atoms with Gasteiger partial charge in [0.15, 0.2) is 0 Å². The van der Waals surface area contributed by atoms with Crippen LogP contribution in [0.5, 0.6) is 0 Å². The molecule has 0 bridgehead atoms. The summed E-state index contributed by atoms with van der Waals surface area (Å²) in [6, 6.07) is 10.2. The van der Waals surface area contributed by atoms with Crippen molar-refractivity contribution in [3.8, 4) is 6.07 Å². The van der Waals surface area contributed by atoms with E-state index < -0.39 is 5.54 Å². The highest BCUT2D eigenvalue weighted by molar-refractivity contribution is 8.00. The molecule has 0 saturated carbocycles. The zero-order chi connectivity index (χ0) is 14.5. The van der Waals surface area contributed by atoms with E-state index in [-0.39, 0.29) is 11.8 Å². The van der Waals surface area contributed by atoms with Crippen molar-refractivity contribution in [2.24, 2.45) is 5.92 Å². The van der Waals surface area contributed by atoms with Gasteiger partial charge in [0.2, 0.25) is 5.91 Å². The lowest BCUT2D eigenvalue weighted by atomic mass is 9.90. The van der Waals surface area contributed by atoms with E-state index in [0.29, 0.717) is 5.75 Å². The van der Waals surface area contributed by atoms with Crippen molar-refractivity contribution in [3.05, 3.63) is 29.8 Å². The molecule has 0 unspecified atom stereocenters. The second-order valence-electron chi connectivity index (χ2n) is 5.12. The van der Waals surface area contributed by atoms with Crippen LogP contribution in [-0.2, 0) is 4.79 Å². The molecule has 1 rings (SSSR count). The number of carbonyl (C=O) groups excluding carboxylic acids is 1. The molecule has 0 aliphatic rings. The number of nitrogens with one attached hydrogen (secondary N) is 1. The van der Waals surface area contributed by atoms with Gasteiger partial charge in [-0.3, -0.25) is 4.79 Å². The van der Waals surface area contributed by atoms with Crippen LogP contribution in [0, 0.1) is 24.2 Å². The molecule has 1 amide bonds. The van der Waals surface area contributed by atoms with Gasteiger partial charge in [-0.15, -0.1) is 11.8 Å². The molecule has 0 heterocycles. The van der Waals surface area contributed by atoms with Crippen molar-refractivity contribution in [3.63, 3.8) is 0 Å². The van der Waals surface area contributed by atoms with Gasteiger partial charge in [-0.05, 0) is 31.9 Å². The van der Waals surface area contributed by atoms with Gasteiger partial charge in [-0.1, -0.05) is 31.5 Å². The molecule has 1 N–H and O–H groups in total. The van der Waals surface area contributed by atoms with E-state index in [1.807, 2.05) is 45.0 Å². The van der Waals surface area contributed by atoms with E-state index in [2.05, 4.69) is 11.4 Å². The molecule has 19 heavy (non-hydrogen) atoms. The minimum absolute atomic E-state index is 0.0748. The van der Waals surface area contributed by atoms with Gasteiger partial charge in [0.05, 0.1) is 11.8 Å². The van der Waals surface area contributed by atoms with Crippen LogP contribution >= 0.6 is 11.8 Å². The third kappa shape index (κ3) is 4.60. The van der Waals surface area contributed by atoms with E-state index >= 15 is 0 Å². The normalized spacial score (nSPS) is 13.7. The van der Waals surface area contributed by atoms with Crippen molar-refractivity contribution in [2.45, 2.75) is 38.1 Å². The van der Waals surface area contributed by atoms with Crippen LogP contribution in [0.1, 0.15) is 26.3 Å². The molecule has 102 valence electrons. The largest absolute Gasteiger partial charge is 0.337 e. The van der Waals surface area contributed by atoms with Crippen LogP contribution in [0.15, 0.2) is 29.2 Å². The molecule has 1 atom stereocenters. The first-order valence-corrected chi connectivity index (χ1v) is 7.27. The number of benzene rings is 1. The fraction of sp³-hybridized carbons (Fsp3) is 0.467. The van der Waals surface area contributed by atoms with Gasteiger partial charge < -0.3 is 5.32 Å². The summed E-state index contributed by atoms with van der Waals surface area (Å²) < 4.78 is 0. The summed E-state index contributed by atoms with van der Waals surface area (Å²) in [6.45, 7) is 7.64. The number of rotatable bonds is 5. The summed E-state index contributed by atoms with van der Waals surface area (Å²) in [4.78, 5) is 12.9. The quantitative estimate of drug-likeness (QED) is 0.841. The first-order valence-electron chi connectivity index (χ1n) is 6.29. The summed E-state index contributed by atoms with van der Waals surface area (Å²) >= 11 is 1.48. The molecule has 1 aromatic rings. The van der Waals surface area contributed by atoms with E-state index in [4.69, 9.17) is 5.26 Å². The number of carbonyl (C=O) groups is 1. The van der Waals surface area contributed by atoms with Crippen LogP contribution in [-0.4, -0.2) is 17.2 Å². The van der Waals surface area contributed by atoms with E-state index in [1.54, 1.807) is 6.92 Å². The zero-order valence-corrected chi connectivity index (χ0v) is 12.7. The van der Waals surface area contributed by atoms with Crippen molar-refractivity contribution in [1.82, 2.24) is 5.32 Å². The van der Waals surface area contributed by atoms with Crippen LogP contribution < -0.4 is 5.32 Å². The molecule has 3 nitrogen and oxygen atoms in total. The second-order valence-corrected chi connectivity index (χ2v) is 6.17. The third-order valence-electron chi connectivity index (χ3n) is 3.18. The molecule has 0 fully saturated rings. The first-order chi connectivity index (χ1) is 8.87. The minimum Gasteiger partial charge on any atom is -0.337 e. The summed E-state index contributed by atoms with van der Waals surface area (Å²) in [5.41, 5.74) is 0.399. The highest BCUT2D eigenvalue weighted by Crippen LogP contribution is 2.19. The predicted molar refractivity (Wildman–Crippen MR) is 78.9 cm³/mol. The number of amides is 1. The molecular formula is C15H20N2OS. The third-order valence-corrected chi connectivity index (χ3v) is 4.19. The van der Waals surface area contributed by atoms with Crippen molar-refractivity contribution >= 4 is 17.7 Å². The van der Waals surface area contributed by atoms with Gasteiger partial charge in [0.25, 0.3) is 0 Å². The Labute approximate surface area is 119 Å². The lowest BCUT2D eigenvalue weighted by Crippen LogP contribution is -2.49. The lowest BCUT2D eigenvalue weighted by molar-refractivity contribution is -0.120. The van der Waals surface area contributed by atoms with Crippen LogP contribution in [0.3, 0.4) is 0 Å². The van der Waals surface area contributed by atoms with Gasteiger partial charge >= 0.3 is 0 Å². The number of hydrogen-bond acceptors (Lipinski definition) is 3. The number of aryl methyl sites for hydroxylation is 1. The Morgan fingerprint density at radius 1 is 1.42 bits per heavy atom. The average Bonchev–Trinajstić information content (AvgIpc) is 2.37. The maximum atomic E-state index is 11.9. The minimum atomic E-state index is -0.801. The molecular weight excluding hydrogens is 256 g/mol. The number of thioether (sulfide) groups is 1. The monoisotopic (exact) mass is 276 g/mol. The fourth-order valence-electron chi connectivity index (χ4n) is 1.41. The SMILES string of the molecule is Cc1ccc(SCC(=O)N[C@@](C)(C#N)C(C)C)cc1. The highest BCUT2D eigenvalue weighted by Gasteiger charge is 2.29. The molecule has 4 heteroatoms. The first kappa shape index (κ1) is 15.6. The maximum absolute atomic E-state index is 11.9. The Morgan fingerprint density at radius 3 is 2.47 bits per heavy atom. The van der Waals surface area contributed by atoms with E-state index in [9.17, 15) is 4.79 Å². The van der Waals surface area contributed by atoms with Gasteiger partial charge in [0.1, 0.15) is 5.54 Å². The maximum Gasteiger partial charge on any atom is 0.231 e. The lowest BCUT2D eigenvalue weighted by Gasteiger charge is -2.27. The zero-order valence-electron chi connectivity index (χ0n) is 11.9. The standard InChI is InChI=1S/C15H20N2OS/c1-11(2)15(4,10-16)17-14(18)9-19-13-7-5-12(3)6-8-13/h5-8,11H,9H2,1-4H3,(H,17,18)/t15-/m0/s1. The number of nitriles is 1. The van der Waals surface area contributed by atoms with Crippen molar-refractivity contribution in [2.75, 3.05) is 5.75 Å². The molecule has 0 aliphatic heterocycles. The van der Waals surface area contributed by atoms with Crippen molar-refractivity contribution < 1.29 is 4.79 Å². The molecule has 0 aliphatic carbocycles. The molecule has 0 spiro atoms. The summed E-state index contributed by atoms with van der Waals surface area (Å²) in [5.74, 6) is 0.293. The van der Waals surface area contributed by atoms with Crippen LogP contribution in [0.2, 0.25) is 0 Å². The summed E-state index contributed by atoms with van der Waals surface area (Å²) in [7, 11) is 0. The molecule has 0 aromatic heterocycles. The Hall–Kier alpha value is -1.47. The second kappa shape index (κ2) is 6.63. The van der Waals surface area contributed by atoms with Crippen LogP contribution in [0.25, 0.3) is 0 Å². The number of nitrogens with zero attached hydrogens (tertiary/aromatic N) is 1. The number of hydrogen-bond donors (Lipinski definition) is 1. The molecule has 1 aromatic carbocycles. The average molecular weight is 276 g/mol. The Kier molecular flexibility index (Phi) is 5.44. The summed E-state index contributed by atoms with van der Waals surface area (Å²) in [5, 5.41) is 12.0. The van der Waals surface area contributed by atoms with E-state index in [1.165, 1.54) is 17.3 Å². The van der Waals surface area contributed by atoms with Crippen molar-refractivity contribution in [1.29, 1.82) is 5.26 Å². The molecule has 0 radical (unpaired) electrons. The Balaban J connectivity index is 2.53. The molecule has 0 saturated heterocycles. The van der Waals surface area contributed by atoms with Crippen LogP contribution in [0.4, 0.5) is 0 Å². The predicted octanol–water partition coefficient (Wildman–Crippen LogP) is 3.14. The Morgan fingerprint density at radius 2 is 2.00 bits per heavy atom.